The molecule has 0 saturated carbocycles. The lowest BCUT2D eigenvalue weighted by Crippen LogP contribution is -2.35. The van der Waals surface area contributed by atoms with E-state index in [-0.39, 0.29) is 11.9 Å². The van der Waals surface area contributed by atoms with Gasteiger partial charge >= 0.3 is 5.97 Å². The zero-order chi connectivity index (χ0) is 13.2. The molecule has 19 heavy (non-hydrogen) atoms. The van der Waals surface area contributed by atoms with E-state index in [9.17, 15) is 4.79 Å². The summed E-state index contributed by atoms with van der Waals surface area (Å²) < 4.78 is 10.3. The second-order valence-electron chi connectivity index (χ2n) is 5.03. The zero-order valence-electron chi connectivity index (χ0n) is 10.9. The second kappa shape index (κ2) is 4.96. The number of hydrogen-bond acceptors (Lipinski definition) is 4. The number of ether oxygens (including phenoxy) is 1. The van der Waals surface area contributed by atoms with Crippen LogP contribution in [0.1, 0.15) is 12.2 Å². The summed E-state index contributed by atoms with van der Waals surface area (Å²) in [6.45, 7) is 1.63. The van der Waals surface area contributed by atoms with Crippen molar-refractivity contribution in [3.05, 3.63) is 48.1 Å². The molecule has 0 N–H and O–H groups in total. The van der Waals surface area contributed by atoms with E-state index in [1.807, 2.05) is 18.3 Å². The van der Waals surface area contributed by atoms with Gasteiger partial charge in [0.1, 0.15) is 5.76 Å². The predicted octanol–water partition coefficient (Wildman–Crippen LogP) is 2.34. The highest BCUT2D eigenvalue weighted by molar-refractivity contribution is 5.89. The average molecular weight is 259 g/mol. The van der Waals surface area contributed by atoms with Crippen molar-refractivity contribution in [1.29, 1.82) is 0 Å². The Morgan fingerprint density at radius 2 is 2.47 bits per heavy atom. The van der Waals surface area contributed by atoms with Gasteiger partial charge in [-0.3, -0.25) is 0 Å². The van der Waals surface area contributed by atoms with Gasteiger partial charge in [-0.1, -0.05) is 12.2 Å². The number of allylic oxidation sites excluding steroid dienone is 2. The minimum atomic E-state index is -0.231. The summed E-state index contributed by atoms with van der Waals surface area (Å²) in [4.78, 5) is 14.0. The number of furan rings is 1. The van der Waals surface area contributed by atoms with Crippen LogP contribution < -0.4 is 0 Å². The molecule has 1 aliphatic heterocycles. The highest BCUT2D eigenvalue weighted by Gasteiger charge is 2.35. The molecule has 2 aliphatic rings. The number of esters is 1. The first-order valence-corrected chi connectivity index (χ1v) is 6.51. The highest BCUT2D eigenvalue weighted by atomic mass is 16.5. The Balaban J connectivity index is 1.82. The van der Waals surface area contributed by atoms with Gasteiger partial charge in [0.2, 0.25) is 0 Å². The fraction of sp³-hybridized carbons (Fsp3) is 0.400. The highest BCUT2D eigenvalue weighted by Crippen LogP contribution is 2.36. The van der Waals surface area contributed by atoms with Crippen LogP contribution in [0.5, 0.6) is 0 Å². The fourth-order valence-corrected chi connectivity index (χ4v) is 2.91. The average Bonchev–Trinajstić information content (AvgIpc) is 3.07. The molecule has 0 radical (unpaired) electrons. The standard InChI is InChI=1S/C15H17NO3/c1-18-15(17)14-10-16(9-12-5-3-7-19-12)8-11-4-2-6-13(11)14/h2-3,5-7,10-11,13H,4,8-9H2,1H3/t11-,13-/m0/s1. The van der Waals surface area contributed by atoms with Crippen molar-refractivity contribution < 1.29 is 13.9 Å². The van der Waals surface area contributed by atoms with E-state index in [2.05, 4.69) is 17.1 Å². The van der Waals surface area contributed by atoms with Crippen LogP contribution in [0.2, 0.25) is 0 Å². The molecule has 0 bridgehead atoms. The predicted molar refractivity (Wildman–Crippen MR) is 70.0 cm³/mol. The minimum Gasteiger partial charge on any atom is -0.467 e. The van der Waals surface area contributed by atoms with E-state index in [1.54, 1.807) is 6.26 Å². The van der Waals surface area contributed by atoms with Crippen LogP contribution in [0.3, 0.4) is 0 Å². The topological polar surface area (TPSA) is 42.7 Å². The third-order valence-corrected chi connectivity index (χ3v) is 3.80. The van der Waals surface area contributed by atoms with Crippen LogP contribution in [0.4, 0.5) is 0 Å². The fourth-order valence-electron chi connectivity index (χ4n) is 2.91. The lowest BCUT2D eigenvalue weighted by Gasteiger charge is -2.33. The SMILES string of the molecule is COC(=O)C1=CN(Cc2ccco2)C[C@@H]2CC=C[C@H]12. The van der Waals surface area contributed by atoms with Gasteiger partial charge in [0.05, 0.1) is 25.5 Å². The first-order valence-electron chi connectivity index (χ1n) is 6.51. The Morgan fingerprint density at radius 3 is 3.21 bits per heavy atom. The minimum absolute atomic E-state index is 0.209. The molecule has 0 saturated heterocycles. The largest absolute Gasteiger partial charge is 0.467 e. The summed E-state index contributed by atoms with van der Waals surface area (Å²) in [5.41, 5.74) is 0.749. The van der Waals surface area contributed by atoms with Gasteiger partial charge in [0, 0.05) is 18.7 Å². The quantitative estimate of drug-likeness (QED) is 0.617. The number of rotatable bonds is 3. The van der Waals surface area contributed by atoms with Crippen molar-refractivity contribution >= 4 is 5.97 Å². The van der Waals surface area contributed by atoms with Gasteiger partial charge in [-0.05, 0) is 24.5 Å². The molecule has 3 rings (SSSR count). The summed E-state index contributed by atoms with van der Waals surface area (Å²) in [5.74, 6) is 1.35. The summed E-state index contributed by atoms with van der Waals surface area (Å²) in [5, 5.41) is 0. The van der Waals surface area contributed by atoms with Crippen LogP contribution >= 0.6 is 0 Å². The Labute approximate surface area is 112 Å². The van der Waals surface area contributed by atoms with Gasteiger partial charge < -0.3 is 14.1 Å². The number of carbonyl (C=O) groups excluding carboxylic acids is 1. The smallest absolute Gasteiger partial charge is 0.335 e. The lowest BCUT2D eigenvalue weighted by molar-refractivity contribution is -0.137. The molecule has 1 aliphatic carbocycles. The molecule has 100 valence electrons. The Kier molecular flexibility index (Phi) is 3.15. The van der Waals surface area contributed by atoms with Gasteiger partial charge in [0.25, 0.3) is 0 Å². The zero-order valence-corrected chi connectivity index (χ0v) is 10.9. The first kappa shape index (κ1) is 12.1. The molecule has 0 spiro atoms. The Morgan fingerprint density at radius 1 is 1.58 bits per heavy atom. The number of fused-ring (bicyclic) bond motifs is 1. The van der Waals surface area contributed by atoms with E-state index >= 15 is 0 Å². The van der Waals surface area contributed by atoms with Crippen molar-refractivity contribution in [3.8, 4) is 0 Å². The summed E-state index contributed by atoms with van der Waals surface area (Å²) in [6.07, 6.45) is 8.89. The van der Waals surface area contributed by atoms with Crippen LogP contribution in [-0.4, -0.2) is 24.5 Å². The van der Waals surface area contributed by atoms with E-state index in [0.717, 1.165) is 24.3 Å². The third-order valence-electron chi connectivity index (χ3n) is 3.80. The first-order chi connectivity index (χ1) is 9.28. The van der Waals surface area contributed by atoms with Gasteiger partial charge in [0.15, 0.2) is 0 Å². The van der Waals surface area contributed by atoms with E-state index in [0.29, 0.717) is 12.5 Å². The van der Waals surface area contributed by atoms with Gasteiger partial charge in [-0.25, -0.2) is 4.79 Å². The normalized spacial score (nSPS) is 25.1. The molecule has 4 nitrogen and oxygen atoms in total. The maximum Gasteiger partial charge on any atom is 0.335 e. The Bertz CT molecular complexity index is 516. The van der Waals surface area contributed by atoms with Gasteiger partial charge in [-0.2, -0.15) is 0 Å². The van der Waals surface area contributed by atoms with Crippen molar-refractivity contribution in [2.45, 2.75) is 13.0 Å². The number of methoxy groups -OCH3 is 1. The number of carbonyl (C=O) groups is 1. The monoisotopic (exact) mass is 259 g/mol. The summed E-state index contributed by atoms with van der Waals surface area (Å²) in [6, 6.07) is 3.83. The molecule has 1 aromatic heterocycles. The molecule has 0 amide bonds. The molecule has 0 fully saturated rings. The van der Waals surface area contributed by atoms with Crippen molar-refractivity contribution in [3.63, 3.8) is 0 Å². The molecular weight excluding hydrogens is 242 g/mol. The van der Waals surface area contributed by atoms with Crippen LogP contribution in [0.15, 0.2) is 46.7 Å². The molecule has 1 aromatic rings. The third kappa shape index (κ3) is 2.30. The maximum absolute atomic E-state index is 11.9. The van der Waals surface area contributed by atoms with Crippen molar-refractivity contribution in [2.75, 3.05) is 13.7 Å². The Hall–Kier alpha value is -1.97. The summed E-state index contributed by atoms with van der Waals surface area (Å²) in [7, 11) is 1.43. The number of nitrogens with zero attached hydrogens (tertiary/aromatic N) is 1. The van der Waals surface area contributed by atoms with Gasteiger partial charge in [-0.15, -0.1) is 0 Å². The molecule has 0 aromatic carbocycles. The van der Waals surface area contributed by atoms with Crippen LogP contribution in [0, 0.1) is 11.8 Å². The van der Waals surface area contributed by atoms with E-state index in [4.69, 9.17) is 9.15 Å². The molecule has 0 unspecified atom stereocenters. The molecule has 2 heterocycles. The maximum atomic E-state index is 11.9. The van der Waals surface area contributed by atoms with Crippen molar-refractivity contribution in [2.24, 2.45) is 11.8 Å². The second-order valence-corrected chi connectivity index (χ2v) is 5.03. The van der Waals surface area contributed by atoms with Crippen LogP contribution in [0.25, 0.3) is 0 Å². The lowest BCUT2D eigenvalue weighted by atomic mass is 9.85. The molecule has 4 heteroatoms. The molecule has 2 atom stereocenters. The van der Waals surface area contributed by atoms with Crippen LogP contribution in [-0.2, 0) is 16.1 Å². The van der Waals surface area contributed by atoms with E-state index in [1.165, 1.54) is 7.11 Å². The number of hydrogen-bond donors (Lipinski definition) is 0. The van der Waals surface area contributed by atoms with Crippen molar-refractivity contribution in [1.82, 2.24) is 4.90 Å². The van der Waals surface area contributed by atoms with E-state index < -0.39 is 0 Å². The molecular formula is C15H17NO3. The summed E-state index contributed by atoms with van der Waals surface area (Å²) >= 11 is 0.